The topological polar surface area (TPSA) is 90.4 Å². The maximum absolute atomic E-state index is 14.5. The molecule has 198 valence electrons. The van der Waals surface area contributed by atoms with Crippen molar-refractivity contribution in [2.24, 2.45) is 17.8 Å². The number of anilines is 1. The van der Waals surface area contributed by atoms with Gasteiger partial charge in [0.2, 0.25) is 11.8 Å². The minimum absolute atomic E-state index is 0.164. The summed E-state index contributed by atoms with van der Waals surface area (Å²) in [7, 11) is 1.71. The minimum atomic E-state index is -1.37. The third kappa shape index (κ3) is 3.83. The van der Waals surface area contributed by atoms with Crippen molar-refractivity contribution in [2.75, 3.05) is 31.6 Å². The molecule has 2 fully saturated rings. The van der Waals surface area contributed by atoms with Gasteiger partial charge in [0.1, 0.15) is 11.6 Å². The third-order valence-corrected chi connectivity index (χ3v) is 8.51. The van der Waals surface area contributed by atoms with Gasteiger partial charge in [0.15, 0.2) is 0 Å². The van der Waals surface area contributed by atoms with Crippen LogP contribution in [0.15, 0.2) is 48.6 Å². The number of ether oxygens (including phenoxy) is 1. The molecule has 0 aliphatic carbocycles. The number of aliphatic hydroxyl groups excluding tert-OH is 1. The first-order valence-corrected chi connectivity index (χ1v) is 13.2. The van der Waals surface area contributed by atoms with E-state index in [4.69, 9.17) is 16.3 Å². The van der Waals surface area contributed by atoms with Gasteiger partial charge in [-0.15, -0.1) is 0 Å². The summed E-state index contributed by atoms with van der Waals surface area (Å²) >= 11 is 6.50. The molecule has 8 nitrogen and oxygen atoms in total. The van der Waals surface area contributed by atoms with Gasteiger partial charge in [0.05, 0.1) is 40.8 Å². The highest BCUT2D eigenvalue weighted by Gasteiger charge is 2.75. The molecule has 4 heterocycles. The van der Waals surface area contributed by atoms with E-state index in [-0.39, 0.29) is 36.8 Å². The molecule has 1 aromatic carbocycles. The van der Waals surface area contributed by atoms with Crippen LogP contribution in [0.3, 0.4) is 0 Å². The molecule has 6 atom stereocenters. The van der Waals surface area contributed by atoms with Crippen molar-refractivity contribution >= 4 is 35.0 Å². The Labute approximate surface area is 222 Å². The third-order valence-electron chi connectivity index (χ3n) is 8.19. The zero-order chi connectivity index (χ0) is 26.7. The van der Waals surface area contributed by atoms with Crippen LogP contribution in [0, 0.1) is 17.8 Å². The number of carbonyl (C=O) groups excluding carboxylic acids is 3. The summed E-state index contributed by atoms with van der Waals surface area (Å²) in [5.74, 6) is -2.43. The zero-order valence-corrected chi connectivity index (χ0v) is 22.4. The number of fused-ring (bicyclic) bond motifs is 2. The standard InChI is InChI=1S/C28H34ClN3O5/c1-17(2)15-18(16-33)32-23-26(36)31(20-10-6-5-9-19(20)29)14-8-12-28(23)22(25(32)35)21-24(34)30(4)13-7-11-27(21,3)37-28/h5-12,17-18,21-23,33H,13-16H2,1-4H3/t18-,21+,22+,23?,27-,28+/m1/s1. The van der Waals surface area contributed by atoms with Crippen LogP contribution in [0.2, 0.25) is 5.02 Å². The van der Waals surface area contributed by atoms with Crippen molar-refractivity contribution in [1.29, 1.82) is 0 Å². The molecule has 5 rings (SSSR count). The Bertz CT molecular complexity index is 1180. The molecule has 3 amide bonds. The molecule has 1 aromatic rings. The van der Waals surface area contributed by atoms with Crippen LogP contribution >= 0.6 is 11.6 Å². The van der Waals surface area contributed by atoms with E-state index in [0.717, 1.165) is 0 Å². The van der Waals surface area contributed by atoms with Crippen LogP contribution in [0.25, 0.3) is 0 Å². The van der Waals surface area contributed by atoms with Crippen LogP contribution in [-0.4, -0.2) is 82.7 Å². The molecule has 4 aliphatic rings. The number of aliphatic hydroxyl groups is 1. The quantitative estimate of drug-likeness (QED) is 0.595. The van der Waals surface area contributed by atoms with Gasteiger partial charge in [-0.05, 0) is 31.4 Å². The summed E-state index contributed by atoms with van der Waals surface area (Å²) in [6.07, 6.45) is 7.86. The average molecular weight is 528 g/mol. The van der Waals surface area contributed by atoms with E-state index in [1.165, 1.54) is 4.90 Å². The number of carbonyl (C=O) groups is 3. The number of halogens is 1. The monoisotopic (exact) mass is 527 g/mol. The van der Waals surface area contributed by atoms with Crippen LogP contribution in [0.1, 0.15) is 27.2 Å². The molecule has 1 unspecified atom stereocenters. The smallest absolute Gasteiger partial charge is 0.253 e. The van der Waals surface area contributed by atoms with E-state index in [9.17, 15) is 19.5 Å². The molecular formula is C28H34ClN3O5. The number of para-hydroxylation sites is 1. The van der Waals surface area contributed by atoms with Gasteiger partial charge < -0.3 is 24.5 Å². The van der Waals surface area contributed by atoms with E-state index in [0.29, 0.717) is 23.7 Å². The van der Waals surface area contributed by atoms with Crippen molar-refractivity contribution in [3.8, 4) is 0 Å². The molecule has 0 saturated carbocycles. The second kappa shape index (κ2) is 9.26. The van der Waals surface area contributed by atoms with E-state index in [1.807, 2.05) is 39.0 Å². The number of hydrogen-bond donors (Lipinski definition) is 1. The Morgan fingerprint density at radius 2 is 1.76 bits per heavy atom. The van der Waals surface area contributed by atoms with Crippen LogP contribution < -0.4 is 4.90 Å². The van der Waals surface area contributed by atoms with E-state index in [1.54, 1.807) is 47.2 Å². The van der Waals surface area contributed by atoms with Gasteiger partial charge in [-0.1, -0.05) is 61.9 Å². The van der Waals surface area contributed by atoms with E-state index < -0.39 is 35.1 Å². The van der Waals surface area contributed by atoms with Crippen LogP contribution in [0.4, 0.5) is 5.69 Å². The molecule has 9 heteroatoms. The lowest BCUT2D eigenvalue weighted by Crippen LogP contribution is -2.59. The summed E-state index contributed by atoms with van der Waals surface area (Å²) in [5, 5.41) is 10.8. The Balaban J connectivity index is 1.70. The van der Waals surface area contributed by atoms with E-state index >= 15 is 0 Å². The summed E-state index contributed by atoms with van der Waals surface area (Å²) in [6.45, 7) is 6.18. The van der Waals surface area contributed by atoms with Crippen molar-refractivity contribution in [1.82, 2.24) is 9.80 Å². The minimum Gasteiger partial charge on any atom is -0.394 e. The first-order chi connectivity index (χ1) is 17.6. The molecule has 1 spiro atoms. The lowest BCUT2D eigenvalue weighted by molar-refractivity contribution is -0.151. The largest absolute Gasteiger partial charge is 0.394 e. The molecule has 0 aromatic heterocycles. The molecule has 0 bridgehead atoms. The average Bonchev–Trinajstić information content (AvgIpc) is 3.13. The highest BCUT2D eigenvalue weighted by atomic mass is 35.5. The Hall–Kier alpha value is -2.68. The number of amides is 3. The molecule has 4 aliphatic heterocycles. The highest BCUT2D eigenvalue weighted by molar-refractivity contribution is 6.34. The first kappa shape index (κ1) is 25.9. The van der Waals surface area contributed by atoms with Gasteiger partial charge >= 0.3 is 0 Å². The number of hydrogen-bond acceptors (Lipinski definition) is 5. The number of nitrogens with zero attached hydrogens (tertiary/aromatic N) is 3. The Morgan fingerprint density at radius 1 is 1.05 bits per heavy atom. The SMILES string of the molecule is CC(C)C[C@H](CO)N1C(=O)[C@@H]2[C@H]3C(=O)N(C)CC=C[C@@]3(C)O[C@@]23C=CCN(c2ccccc2Cl)C(=O)C13. The fourth-order valence-electron chi connectivity index (χ4n) is 6.68. The van der Waals surface area contributed by atoms with Gasteiger partial charge in [0, 0.05) is 20.1 Å². The fourth-order valence-corrected chi connectivity index (χ4v) is 6.92. The number of rotatable bonds is 5. The van der Waals surface area contributed by atoms with Crippen molar-refractivity contribution in [2.45, 2.75) is 50.5 Å². The van der Waals surface area contributed by atoms with Gasteiger partial charge in [-0.3, -0.25) is 14.4 Å². The van der Waals surface area contributed by atoms with Crippen molar-refractivity contribution in [3.63, 3.8) is 0 Å². The van der Waals surface area contributed by atoms with Crippen molar-refractivity contribution < 1.29 is 24.2 Å². The predicted molar refractivity (Wildman–Crippen MR) is 140 cm³/mol. The number of likely N-dealkylation sites (tertiary alicyclic amines) is 1. The summed E-state index contributed by atoms with van der Waals surface area (Å²) < 4.78 is 6.79. The normalized spacial score (nSPS) is 34.0. The van der Waals surface area contributed by atoms with Gasteiger partial charge in [0.25, 0.3) is 5.91 Å². The number of likely N-dealkylation sites (N-methyl/N-ethyl adjacent to an activating group) is 1. The zero-order valence-electron chi connectivity index (χ0n) is 21.6. The predicted octanol–water partition coefficient (Wildman–Crippen LogP) is 2.65. The van der Waals surface area contributed by atoms with Crippen LogP contribution in [0.5, 0.6) is 0 Å². The number of benzene rings is 1. The molecule has 2 saturated heterocycles. The Kier molecular flexibility index (Phi) is 6.49. The molecule has 37 heavy (non-hydrogen) atoms. The fraction of sp³-hybridized carbons (Fsp3) is 0.536. The van der Waals surface area contributed by atoms with Gasteiger partial charge in [-0.2, -0.15) is 0 Å². The Morgan fingerprint density at radius 3 is 2.43 bits per heavy atom. The molecular weight excluding hydrogens is 494 g/mol. The first-order valence-electron chi connectivity index (χ1n) is 12.8. The maximum Gasteiger partial charge on any atom is 0.253 e. The second-order valence-electron chi connectivity index (χ2n) is 11.1. The summed E-state index contributed by atoms with van der Waals surface area (Å²) in [4.78, 5) is 47.2. The molecule has 1 N–H and O–H groups in total. The highest BCUT2D eigenvalue weighted by Crippen LogP contribution is 2.58. The summed E-state index contributed by atoms with van der Waals surface area (Å²) in [6, 6.07) is 5.41. The molecule has 0 radical (unpaired) electrons. The van der Waals surface area contributed by atoms with Gasteiger partial charge in [-0.25, -0.2) is 0 Å². The maximum atomic E-state index is 14.5. The summed E-state index contributed by atoms with van der Waals surface area (Å²) in [5.41, 5.74) is -1.90. The second-order valence-corrected chi connectivity index (χ2v) is 11.5. The van der Waals surface area contributed by atoms with Crippen LogP contribution in [-0.2, 0) is 19.1 Å². The lowest BCUT2D eigenvalue weighted by atomic mass is 9.74. The van der Waals surface area contributed by atoms with Crippen molar-refractivity contribution in [3.05, 3.63) is 53.6 Å². The lowest BCUT2D eigenvalue weighted by Gasteiger charge is -2.40. The van der Waals surface area contributed by atoms with E-state index in [2.05, 4.69) is 0 Å².